The van der Waals surface area contributed by atoms with Crippen molar-refractivity contribution in [2.45, 2.75) is 163 Å². The predicted molar refractivity (Wildman–Crippen MR) is 205 cm³/mol. The molecule has 0 aliphatic heterocycles. The molecular weight excluding hydrogens is 661 g/mol. The Labute approximate surface area is 319 Å². The Morgan fingerprint density at radius 1 is 0.585 bits per heavy atom. The van der Waals surface area contributed by atoms with Gasteiger partial charge in [0.25, 0.3) is 0 Å². The SMILES string of the molecule is C[C@@H]1CC2=CC(=O)CCC2C2C1C1CC[C@H](OC(=O)CCCCCC(=O)O[C@H]3CCC4C5C(C6CCC(=O)C=C6C[C@H]5C)[C@@H](C)C[C@@]43C)[C@@]1(C)C[C@@H]2C. The van der Waals surface area contributed by atoms with Crippen molar-refractivity contribution >= 4 is 23.5 Å². The van der Waals surface area contributed by atoms with Gasteiger partial charge in [-0.3, -0.25) is 19.2 Å². The lowest BCUT2D eigenvalue weighted by molar-refractivity contribution is -0.163. The van der Waals surface area contributed by atoms with Crippen LogP contribution in [0.1, 0.15) is 151 Å². The molecule has 0 N–H and O–H groups in total. The van der Waals surface area contributed by atoms with Gasteiger partial charge in [0.05, 0.1) is 0 Å². The minimum Gasteiger partial charge on any atom is -0.462 e. The van der Waals surface area contributed by atoms with Gasteiger partial charge in [0.15, 0.2) is 11.6 Å². The average Bonchev–Trinajstić information content (AvgIpc) is 3.58. The maximum atomic E-state index is 13.2. The minimum absolute atomic E-state index is 0.00758. The first kappa shape index (κ1) is 37.7. The fourth-order valence-corrected chi connectivity index (χ4v) is 15.7. The smallest absolute Gasteiger partial charge is 0.306 e. The Balaban J connectivity index is 0.793. The van der Waals surface area contributed by atoms with Gasteiger partial charge in [-0.1, -0.05) is 59.1 Å². The average molecular weight is 729 g/mol. The van der Waals surface area contributed by atoms with Crippen LogP contribution < -0.4 is 0 Å². The first-order valence-corrected chi connectivity index (χ1v) is 22.1. The maximum absolute atomic E-state index is 13.2. The van der Waals surface area contributed by atoms with Crippen molar-refractivity contribution in [1.82, 2.24) is 0 Å². The molecule has 8 aliphatic rings. The van der Waals surface area contributed by atoms with Crippen molar-refractivity contribution in [2.24, 2.45) is 81.8 Å². The zero-order valence-corrected chi connectivity index (χ0v) is 33.7. The minimum atomic E-state index is -0.0732. The first-order valence-electron chi connectivity index (χ1n) is 22.1. The number of allylic oxidation sites excluding steroid dienone is 2. The molecule has 0 aromatic carbocycles. The molecule has 0 amide bonds. The van der Waals surface area contributed by atoms with E-state index in [4.69, 9.17) is 9.47 Å². The molecule has 0 saturated heterocycles. The number of ether oxygens (including phenoxy) is 2. The summed E-state index contributed by atoms with van der Waals surface area (Å²) in [6.07, 6.45) is 19.1. The maximum Gasteiger partial charge on any atom is 0.306 e. The molecule has 292 valence electrons. The summed E-state index contributed by atoms with van der Waals surface area (Å²) >= 11 is 0. The summed E-state index contributed by atoms with van der Waals surface area (Å²) in [4.78, 5) is 50.9. The number of fused-ring (bicyclic) bond motifs is 10. The number of carbonyl (C=O) groups excluding carboxylic acids is 4. The Kier molecular flexibility index (Phi) is 10.2. The van der Waals surface area contributed by atoms with Gasteiger partial charge in [0.1, 0.15) is 12.2 Å². The third kappa shape index (κ3) is 6.54. The molecular formula is C47H68O6. The normalized spacial score (nSPS) is 47.1. The predicted octanol–water partition coefficient (Wildman–Crippen LogP) is 10.0. The number of hydrogen-bond donors (Lipinski definition) is 0. The van der Waals surface area contributed by atoms with Gasteiger partial charge in [-0.25, -0.2) is 0 Å². The van der Waals surface area contributed by atoms with Crippen LogP contribution in [0.2, 0.25) is 0 Å². The number of rotatable bonds is 8. The van der Waals surface area contributed by atoms with Crippen LogP contribution >= 0.6 is 0 Å². The summed E-state index contributed by atoms with van der Waals surface area (Å²) in [6, 6.07) is 0. The lowest BCUT2D eigenvalue weighted by atomic mass is 9.47. The summed E-state index contributed by atoms with van der Waals surface area (Å²) in [6.45, 7) is 14.5. The van der Waals surface area contributed by atoms with Crippen molar-refractivity contribution in [1.29, 1.82) is 0 Å². The highest BCUT2D eigenvalue weighted by atomic mass is 16.5. The molecule has 6 fully saturated rings. The van der Waals surface area contributed by atoms with Gasteiger partial charge in [-0.2, -0.15) is 0 Å². The van der Waals surface area contributed by atoms with Crippen LogP contribution in [0.4, 0.5) is 0 Å². The van der Waals surface area contributed by atoms with Gasteiger partial charge in [-0.05, 0) is 160 Å². The summed E-state index contributed by atoms with van der Waals surface area (Å²) in [7, 11) is 0. The third-order valence-corrected chi connectivity index (χ3v) is 17.5. The first-order chi connectivity index (χ1) is 25.3. The molecule has 6 heteroatoms. The molecule has 0 radical (unpaired) electrons. The quantitative estimate of drug-likeness (QED) is 0.183. The van der Waals surface area contributed by atoms with Gasteiger partial charge in [0.2, 0.25) is 0 Å². The molecule has 53 heavy (non-hydrogen) atoms. The van der Waals surface area contributed by atoms with E-state index in [1.807, 2.05) is 12.2 Å². The van der Waals surface area contributed by atoms with Crippen LogP contribution in [-0.4, -0.2) is 35.7 Å². The van der Waals surface area contributed by atoms with Crippen molar-refractivity contribution in [3.63, 3.8) is 0 Å². The third-order valence-electron chi connectivity index (χ3n) is 17.5. The van der Waals surface area contributed by atoms with Crippen LogP contribution in [-0.2, 0) is 28.7 Å². The van der Waals surface area contributed by atoms with E-state index in [0.29, 0.717) is 108 Å². The van der Waals surface area contributed by atoms with Crippen molar-refractivity contribution in [2.75, 3.05) is 0 Å². The molecule has 0 aromatic heterocycles. The Morgan fingerprint density at radius 3 is 1.42 bits per heavy atom. The number of esters is 2. The Hall–Kier alpha value is -2.24. The molecule has 0 heterocycles. The second-order valence-corrected chi connectivity index (χ2v) is 20.6. The monoisotopic (exact) mass is 729 g/mol. The van der Waals surface area contributed by atoms with Crippen LogP contribution in [0, 0.1) is 81.8 Å². The fraction of sp³-hybridized carbons (Fsp3) is 0.830. The number of carbonyl (C=O) groups is 4. The number of unbranched alkanes of at least 4 members (excludes halogenated alkanes) is 2. The van der Waals surface area contributed by atoms with Crippen molar-refractivity contribution in [3.8, 4) is 0 Å². The van der Waals surface area contributed by atoms with Crippen molar-refractivity contribution in [3.05, 3.63) is 23.3 Å². The Morgan fingerprint density at radius 2 is 1.00 bits per heavy atom. The largest absolute Gasteiger partial charge is 0.462 e. The summed E-state index contributed by atoms with van der Waals surface area (Å²) < 4.78 is 12.7. The molecule has 8 rings (SSSR count). The zero-order valence-electron chi connectivity index (χ0n) is 33.7. The van der Waals surface area contributed by atoms with Gasteiger partial charge in [-0.15, -0.1) is 0 Å². The zero-order chi connectivity index (χ0) is 37.4. The second-order valence-electron chi connectivity index (χ2n) is 20.6. The lowest BCUT2D eigenvalue weighted by Crippen LogP contribution is -2.54. The molecule has 6 saturated carbocycles. The van der Waals surface area contributed by atoms with Gasteiger partial charge < -0.3 is 9.47 Å². The van der Waals surface area contributed by atoms with Gasteiger partial charge in [0, 0.05) is 36.5 Å². The lowest BCUT2D eigenvalue weighted by Gasteiger charge is -2.58. The van der Waals surface area contributed by atoms with Crippen LogP contribution in [0.3, 0.4) is 0 Å². The summed E-state index contributed by atoms with van der Waals surface area (Å²) in [5.74, 6) is 7.60. The number of hydrogen-bond acceptors (Lipinski definition) is 6. The van der Waals surface area contributed by atoms with Crippen molar-refractivity contribution < 1.29 is 28.7 Å². The molecule has 6 nitrogen and oxygen atoms in total. The topological polar surface area (TPSA) is 86.7 Å². The van der Waals surface area contributed by atoms with Crippen LogP contribution in [0.5, 0.6) is 0 Å². The van der Waals surface area contributed by atoms with E-state index in [1.165, 1.54) is 11.1 Å². The molecule has 0 aromatic rings. The highest BCUT2D eigenvalue weighted by molar-refractivity contribution is 5.91. The number of ketones is 2. The highest BCUT2D eigenvalue weighted by Gasteiger charge is 2.62. The van der Waals surface area contributed by atoms with Crippen LogP contribution in [0.25, 0.3) is 0 Å². The van der Waals surface area contributed by atoms with E-state index >= 15 is 0 Å². The summed E-state index contributed by atoms with van der Waals surface area (Å²) in [5, 5.41) is 0. The van der Waals surface area contributed by atoms with E-state index in [2.05, 4.69) is 41.5 Å². The van der Waals surface area contributed by atoms with Crippen LogP contribution in [0.15, 0.2) is 23.3 Å². The molecule has 0 bridgehead atoms. The fourth-order valence-electron chi connectivity index (χ4n) is 15.7. The molecule has 0 spiro atoms. The van der Waals surface area contributed by atoms with E-state index in [-0.39, 0.29) is 35.0 Å². The molecule has 8 aliphatic carbocycles. The second kappa shape index (κ2) is 14.4. The van der Waals surface area contributed by atoms with Gasteiger partial charge >= 0.3 is 11.9 Å². The Bertz CT molecular complexity index is 1430. The van der Waals surface area contributed by atoms with E-state index in [1.54, 1.807) is 0 Å². The highest BCUT2D eigenvalue weighted by Crippen LogP contribution is 2.67. The summed E-state index contributed by atoms with van der Waals surface area (Å²) in [5.41, 5.74) is 2.89. The van der Waals surface area contributed by atoms with E-state index in [9.17, 15) is 19.2 Å². The molecule has 16 atom stereocenters. The molecule has 8 unspecified atom stereocenters. The van der Waals surface area contributed by atoms with E-state index < -0.39 is 0 Å². The standard InChI is InChI=1S/C47H68O6/c1-26-20-30-22-32(48)12-14-34(30)42-28(3)24-46(5)36(44(26)42)16-18-38(46)52-40(50)10-8-7-9-11-41(51)53-39-19-17-37-45-27(2)21-31-23-33(49)13-15-35(31)43(45)29(4)25-47(37,39)6/h22-23,26-29,34-39,42-45H,7-21,24-25H2,1-6H3/t26-,27-,28+,29+,34?,35?,36?,37?,38+,39+,42?,43?,44?,45?,46+,47+/m1/s1. The van der Waals surface area contributed by atoms with E-state index in [0.717, 1.165) is 83.5 Å².